The Balaban J connectivity index is 1.62. The van der Waals surface area contributed by atoms with Crippen LogP contribution < -0.4 is 0 Å². The first-order chi connectivity index (χ1) is 22.6. The van der Waals surface area contributed by atoms with Crippen LogP contribution in [-0.2, 0) is 6.18 Å². The smallest absolute Gasteiger partial charge is 0.308 e. The quantitative estimate of drug-likeness (QED) is 0.197. The maximum atomic E-state index is 14.2. The summed E-state index contributed by atoms with van der Waals surface area (Å²) in [4.78, 5) is 9.79. The Labute approximate surface area is 267 Å². The molecule has 0 aliphatic rings. The minimum atomic E-state index is -4.55. The van der Waals surface area contributed by atoms with Crippen molar-refractivity contribution in [2.45, 2.75) is 26.9 Å². The number of aryl methyl sites for hydroxylation is 3. The molecule has 8 heteroatoms. The predicted molar refractivity (Wildman–Crippen MR) is 180 cm³/mol. The van der Waals surface area contributed by atoms with E-state index in [2.05, 4.69) is 34.9 Å². The molecule has 47 heavy (non-hydrogen) atoms. The van der Waals surface area contributed by atoms with E-state index in [0.29, 0.717) is 44.7 Å². The van der Waals surface area contributed by atoms with E-state index in [-0.39, 0.29) is 0 Å². The van der Waals surface area contributed by atoms with Crippen molar-refractivity contribution in [2.75, 3.05) is 0 Å². The van der Waals surface area contributed by atoms with Gasteiger partial charge >= 0.3 is 6.18 Å². The predicted octanol–water partition coefficient (Wildman–Crippen LogP) is 10.2. The van der Waals surface area contributed by atoms with E-state index < -0.39 is 11.7 Å². The number of alkyl halides is 3. The molecule has 0 amide bonds. The number of para-hydroxylation sites is 2. The van der Waals surface area contributed by atoms with Crippen molar-refractivity contribution in [3.8, 4) is 28.8 Å². The molecule has 5 aromatic carbocycles. The lowest BCUT2D eigenvalue weighted by Crippen LogP contribution is -2.08. The van der Waals surface area contributed by atoms with Gasteiger partial charge in [-0.3, -0.25) is 0 Å². The summed E-state index contributed by atoms with van der Waals surface area (Å²) in [5.74, 6) is 0.411. The van der Waals surface area contributed by atoms with Crippen LogP contribution in [0.4, 0.5) is 13.2 Å². The lowest BCUT2D eigenvalue weighted by atomic mass is 10.0. The minimum absolute atomic E-state index is 0.347. The number of nitriles is 1. The fraction of sp³-hybridized carbons (Fsp3) is 0.103. The number of aromatic nitrogens is 4. The fourth-order valence-electron chi connectivity index (χ4n) is 6.84. The van der Waals surface area contributed by atoms with Crippen LogP contribution in [0.3, 0.4) is 0 Å². The van der Waals surface area contributed by atoms with E-state index in [1.807, 2.05) is 79.9 Å². The minimum Gasteiger partial charge on any atom is -0.308 e. The molecular weight excluding hydrogens is 595 g/mol. The Bertz CT molecular complexity index is 2600. The number of hydrogen-bond donors (Lipinski definition) is 0. The van der Waals surface area contributed by atoms with Crippen molar-refractivity contribution in [1.82, 2.24) is 19.1 Å². The molecule has 0 saturated carbocycles. The van der Waals surface area contributed by atoms with Gasteiger partial charge in [0.25, 0.3) is 0 Å². The summed E-state index contributed by atoms with van der Waals surface area (Å²) in [6, 6.07) is 33.4. The highest BCUT2D eigenvalue weighted by atomic mass is 19.4. The van der Waals surface area contributed by atoms with Crippen LogP contribution >= 0.6 is 0 Å². The van der Waals surface area contributed by atoms with Gasteiger partial charge in [0.15, 0.2) is 5.82 Å². The van der Waals surface area contributed by atoms with Gasteiger partial charge in [0.05, 0.1) is 56.2 Å². The van der Waals surface area contributed by atoms with Crippen LogP contribution in [0.2, 0.25) is 0 Å². The number of rotatable bonds is 3. The molecule has 8 rings (SSSR count). The Morgan fingerprint density at radius 1 is 0.596 bits per heavy atom. The average molecular weight is 622 g/mol. The van der Waals surface area contributed by atoms with E-state index in [1.54, 1.807) is 6.07 Å². The van der Waals surface area contributed by atoms with Gasteiger partial charge in [0.2, 0.25) is 0 Å². The maximum Gasteiger partial charge on any atom is 0.416 e. The van der Waals surface area contributed by atoms with Crippen LogP contribution in [0.25, 0.3) is 66.4 Å². The lowest BCUT2D eigenvalue weighted by Gasteiger charge is -2.20. The number of benzene rings is 5. The van der Waals surface area contributed by atoms with Gasteiger partial charge in [-0.15, -0.1) is 0 Å². The summed E-state index contributed by atoms with van der Waals surface area (Å²) in [6.45, 7) is 5.81. The first kappa shape index (κ1) is 28.5. The molecule has 8 aromatic rings. The molecule has 228 valence electrons. The van der Waals surface area contributed by atoms with Gasteiger partial charge in [0, 0.05) is 32.9 Å². The Morgan fingerprint density at radius 3 is 1.66 bits per heavy atom. The highest BCUT2D eigenvalue weighted by Gasteiger charge is 2.32. The number of fused-ring (bicyclic) bond motifs is 6. The third kappa shape index (κ3) is 4.46. The van der Waals surface area contributed by atoms with Crippen molar-refractivity contribution in [2.24, 2.45) is 0 Å². The van der Waals surface area contributed by atoms with E-state index >= 15 is 0 Å². The monoisotopic (exact) mass is 621 g/mol. The normalized spacial score (nSPS) is 12.0. The standard InChI is InChI=1S/C39H26F3N5/c1-22-12-14-29-27-8-4-6-10-31(27)46(33(29)16-22)35-18-25(21-43)19-36(37(35)38-44-23(2)17-24(3)45-38)47-32-11-7-5-9-28(32)30-15-13-26(20-34(30)47)39(40,41)42/h4-20H,1-3H3. The van der Waals surface area contributed by atoms with E-state index in [9.17, 15) is 18.4 Å². The highest BCUT2D eigenvalue weighted by Crippen LogP contribution is 2.43. The molecule has 0 saturated heterocycles. The molecule has 0 unspecified atom stereocenters. The Morgan fingerprint density at radius 2 is 1.11 bits per heavy atom. The van der Waals surface area contributed by atoms with Crippen molar-refractivity contribution in [3.05, 3.63) is 131 Å². The van der Waals surface area contributed by atoms with E-state index in [4.69, 9.17) is 9.97 Å². The van der Waals surface area contributed by atoms with Crippen LogP contribution in [0, 0.1) is 32.1 Å². The molecule has 0 atom stereocenters. The third-order valence-electron chi connectivity index (χ3n) is 8.74. The number of nitrogens with zero attached hydrogens (tertiary/aromatic N) is 5. The molecule has 0 fully saturated rings. The zero-order valence-electron chi connectivity index (χ0n) is 25.7. The van der Waals surface area contributed by atoms with E-state index in [1.165, 1.54) is 12.1 Å². The average Bonchev–Trinajstić information content (AvgIpc) is 3.55. The lowest BCUT2D eigenvalue weighted by molar-refractivity contribution is -0.137. The Kier molecular flexibility index (Phi) is 6.25. The van der Waals surface area contributed by atoms with Crippen molar-refractivity contribution >= 4 is 43.6 Å². The van der Waals surface area contributed by atoms with Crippen LogP contribution in [0.5, 0.6) is 0 Å². The van der Waals surface area contributed by atoms with Gasteiger partial charge in [0.1, 0.15) is 0 Å². The molecule has 0 N–H and O–H groups in total. The third-order valence-corrected chi connectivity index (χ3v) is 8.74. The van der Waals surface area contributed by atoms with Crippen molar-refractivity contribution < 1.29 is 13.2 Å². The first-order valence-electron chi connectivity index (χ1n) is 15.1. The van der Waals surface area contributed by atoms with Crippen molar-refractivity contribution in [1.29, 1.82) is 5.26 Å². The zero-order valence-corrected chi connectivity index (χ0v) is 25.7. The molecule has 3 heterocycles. The molecule has 5 nitrogen and oxygen atoms in total. The zero-order chi connectivity index (χ0) is 32.6. The van der Waals surface area contributed by atoms with Crippen molar-refractivity contribution in [3.63, 3.8) is 0 Å². The number of halogens is 3. The summed E-state index contributed by atoms with van der Waals surface area (Å²) in [5, 5.41) is 14.0. The summed E-state index contributed by atoms with van der Waals surface area (Å²) in [7, 11) is 0. The van der Waals surface area contributed by atoms with E-state index in [0.717, 1.165) is 50.2 Å². The van der Waals surface area contributed by atoms with Gasteiger partial charge in [-0.2, -0.15) is 18.4 Å². The SMILES string of the molecule is Cc1ccc2c3ccccc3n(-c3cc(C#N)cc(-n4c5ccccc5c5ccc(C(F)(F)F)cc54)c3-c3nc(C)cc(C)n3)c2c1. The number of hydrogen-bond acceptors (Lipinski definition) is 3. The fourth-order valence-corrected chi connectivity index (χ4v) is 6.84. The van der Waals surface area contributed by atoms with Crippen LogP contribution in [-0.4, -0.2) is 19.1 Å². The van der Waals surface area contributed by atoms with Gasteiger partial charge in [-0.1, -0.05) is 54.6 Å². The summed E-state index contributed by atoms with van der Waals surface area (Å²) >= 11 is 0. The molecule has 0 spiro atoms. The van der Waals surface area contributed by atoms with Gasteiger partial charge in [-0.25, -0.2) is 9.97 Å². The Hall–Kier alpha value is -5.94. The first-order valence-corrected chi connectivity index (χ1v) is 15.1. The second-order valence-electron chi connectivity index (χ2n) is 11.9. The van der Waals surface area contributed by atoms with Crippen LogP contribution in [0.1, 0.15) is 28.1 Å². The molecular formula is C39H26F3N5. The topological polar surface area (TPSA) is 59.4 Å². The summed E-state index contributed by atoms with van der Waals surface area (Å²) < 4.78 is 46.4. The van der Waals surface area contributed by atoms with Gasteiger partial charge < -0.3 is 9.13 Å². The van der Waals surface area contributed by atoms with Gasteiger partial charge in [-0.05, 0) is 74.9 Å². The molecule has 3 aromatic heterocycles. The second-order valence-corrected chi connectivity index (χ2v) is 11.9. The molecule has 0 aliphatic carbocycles. The second kappa shape index (κ2) is 10.3. The summed E-state index contributed by atoms with van der Waals surface area (Å²) in [5.41, 5.74) is 6.81. The molecule has 0 aliphatic heterocycles. The highest BCUT2D eigenvalue weighted by molar-refractivity contribution is 6.12. The summed E-state index contributed by atoms with van der Waals surface area (Å²) in [6.07, 6.45) is -4.55. The largest absolute Gasteiger partial charge is 0.416 e. The maximum absolute atomic E-state index is 14.2. The van der Waals surface area contributed by atoms with Crippen LogP contribution in [0.15, 0.2) is 103 Å². The molecule has 0 bridgehead atoms. The molecule has 0 radical (unpaired) electrons.